The molecule has 0 unspecified atom stereocenters. The molecule has 0 radical (unpaired) electrons. The maximum Gasteiger partial charge on any atom is 0.270 e. The first kappa shape index (κ1) is 13.8. The largest absolute Gasteiger partial charge is 0.270 e. The van der Waals surface area contributed by atoms with Gasteiger partial charge in [0.05, 0.1) is 10.5 Å². The van der Waals surface area contributed by atoms with Crippen LogP contribution in [-0.2, 0) is 0 Å². The molecule has 0 aromatic heterocycles. The molecule has 2 aromatic carbocycles. The lowest BCUT2D eigenvalue weighted by Gasteiger charge is -2.04. The van der Waals surface area contributed by atoms with Crippen molar-refractivity contribution in [1.29, 1.82) is 5.26 Å². The molecule has 0 aliphatic rings. The van der Waals surface area contributed by atoms with E-state index in [4.69, 9.17) is 5.26 Å². The van der Waals surface area contributed by atoms with Crippen LogP contribution in [0.15, 0.2) is 52.3 Å². The summed E-state index contributed by atoms with van der Waals surface area (Å²) in [6.07, 6.45) is 0. The van der Waals surface area contributed by atoms with E-state index in [0.717, 1.165) is 8.47 Å². The molecular weight excluding hydrogens is 375 g/mol. The van der Waals surface area contributed by atoms with E-state index in [1.165, 1.54) is 23.9 Å². The number of halogens is 1. The Bertz CT molecular complexity index is 665. The Morgan fingerprint density at radius 2 is 1.89 bits per heavy atom. The van der Waals surface area contributed by atoms with Crippen LogP contribution in [0.5, 0.6) is 0 Å². The zero-order chi connectivity index (χ0) is 13.8. The highest BCUT2D eigenvalue weighted by Gasteiger charge is 2.11. The van der Waals surface area contributed by atoms with Crippen molar-refractivity contribution < 1.29 is 4.92 Å². The number of nitriles is 1. The molecule has 0 N–H and O–H groups in total. The maximum atomic E-state index is 10.7. The minimum absolute atomic E-state index is 0.0662. The van der Waals surface area contributed by atoms with Crippen LogP contribution in [0.2, 0.25) is 0 Å². The highest BCUT2D eigenvalue weighted by atomic mass is 127. The van der Waals surface area contributed by atoms with E-state index in [2.05, 4.69) is 22.6 Å². The summed E-state index contributed by atoms with van der Waals surface area (Å²) in [6, 6.07) is 14.2. The van der Waals surface area contributed by atoms with Gasteiger partial charge in [0.2, 0.25) is 0 Å². The maximum absolute atomic E-state index is 10.7. The summed E-state index contributed by atoms with van der Waals surface area (Å²) in [6.45, 7) is 0. The van der Waals surface area contributed by atoms with E-state index in [0.29, 0.717) is 10.5 Å². The van der Waals surface area contributed by atoms with E-state index in [1.807, 2.05) is 30.3 Å². The Labute approximate surface area is 127 Å². The molecule has 2 aromatic rings. The lowest BCUT2D eigenvalue weighted by Crippen LogP contribution is -1.90. The molecule has 0 atom stereocenters. The number of hydrogen-bond acceptors (Lipinski definition) is 4. The Hall–Kier alpha value is -1.59. The van der Waals surface area contributed by atoms with Crippen molar-refractivity contribution in [2.24, 2.45) is 0 Å². The van der Waals surface area contributed by atoms with Crippen LogP contribution in [0.3, 0.4) is 0 Å². The van der Waals surface area contributed by atoms with Gasteiger partial charge in [0, 0.05) is 25.5 Å². The van der Waals surface area contributed by atoms with Crippen LogP contribution in [0, 0.1) is 25.0 Å². The van der Waals surface area contributed by atoms with Gasteiger partial charge in [-0.1, -0.05) is 11.8 Å². The highest BCUT2D eigenvalue weighted by Crippen LogP contribution is 2.32. The van der Waals surface area contributed by atoms with Crippen LogP contribution < -0.4 is 0 Å². The van der Waals surface area contributed by atoms with Gasteiger partial charge in [-0.2, -0.15) is 5.26 Å². The van der Waals surface area contributed by atoms with Crippen LogP contribution >= 0.6 is 34.4 Å². The third kappa shape index (κ3) is 3.45. The van der Waals surface area contributed by atoms with Gasteiger partial charge in [0.15, 0.2) is 0 Å². The summed E-state index contributed by atoms with van der Waals surface area (Å²) < 4.78 is 1.13. The fourth-order valence-corrected chi connectivity index (χ4v) is 2.67. The Kier molecular flexibility index (Phi) is 4.39. The molecule has 0 saturated heterocycles. The van der Waals surface area contributed by atoms with E-state index in [1.54, 1.807) is 6.07 Å². The second-order valence-corrected chi connectivity index (χ2v) is 5.97. The average molecular weight is 382 g/mol. The summed E-state index contributed by atoms with van der Waals surface area (Å²) in [5.41, 5.74) is 0.251. The Morgan fingerprint density at radius 3 is 2.47 bits per heavy atom. The molecule has 0 heterocycles. The Morgan fingerprint density at radius 1 is 1.21 bits per heavy atom. The summed E-state index contributed by atoms with van der Waals surface area (Å²) in [7, 11) is 0. The minimum Gasteiger partial charge on any atom is -0.258 e. The highest BCUT2D eigenvalue weighted by molar-refractivity contribution is 14.1. The molecule has 0 saturated carbocycles. The van der Waals surface area contributed by atoms with Crippen molar-refractivity contribution in [1.82, 2.24) is 0 Å². The molecule has 0 amide bonds. The SMILES string of the molecule is N#Cc1cc([N+](=O)[O-])ccc1Sc1ccc(I)cc1. The lowest BCUT2D eigenvalue weighted by molar-refractivity contribution is -0.384. The molecule has 6 heteroatoms. The third-order valence-corrected chi connectivity index (χ3v) is 4.14. The number of nitrogens with zero attached hydrogens (tertiary/aromatic N) is 2. The van der Waals surface area contributed by atoms with Gasteiger partial charge in [0.25, 0.3) is 5.69 Å². The number of non-ortho nitro benzene ring substituents is 1. The number of hydrogen-bond donors (Lipinski definition) is 0. The van der Waals surface area contributed by atoms with E-state index < -0.39 is 4.92 Å². The first-order chi connectivity index (χ1) is 9.10. The Balaban J connectivity index is 2.33. The van der Waals surface area contributed by atoms with Crippen molar-refractivity contribution in [3.05, 3.63) is 61.7 Å². The van der Waals surface area contributed by atoms with Crippen molar-refractivity contribution >= 4 is 40.0 Å². The summed E-state index contributed by atoms with van der Waals surface area (Å²) >= 11 is 3.64. The molecule has 0 bridgehead atoms. The molecule has 2 rings (SSSR count). The van der Waals surface area contributed by atoms with Crippen LogP contribution in [0.25, 0.3) is 0 Å². The van der Waals surface area contributed by atoms with Crippen LogP contribution in [0.4, 0.5) is 5.69 Å². The second kappa shape index (κ2) is 6.04. The predicted molar refractivity (Wildman–Crippen MR) is 81.1 cm³/mol. The van der Waals surface area contributed by atoms with Gasteiger partial charge < -0.3 is 0 Å². The summed E-state index contributed by atoms with van der Waals surface area (Å²) in [4.78, 5) is 11.9. The first-order valence-corrected chi connectivity index (χ1v) is 7.11. The molecule has 4 nitrogen and oxygen atoms in total. The monoisotopic (exact) mass is 382 g/mol. The van der Waals surface area contributed by atoms with Crippen molar-refractivity contribution in [2.45, 2.75) is 9.79 Å². The standard InChI is InChI=1S/C13H7IN2O2S/c14-10-1-4-12(5-2-10)19-13-6-3-11(16(17)18)7-9(13)8-15/h1-7H. The summed E-state index contributed by atoms with van der Waals surface area (Å²) in [5.74, 6) is 0. The quantitative estimate of drug-likeness (QED) is 0.453. The zero-order valence-electron chi connectivity index (χ0n) is 9.54. The summed E-state index contributed by atoms with van der Waals surface area (Å²) in [5, 5.41) is 19.7. The van der Waals surface area contributed by atoms with Gasteiger partial charge in [-0.05, 0) is 52.9 Å². The normalized spacial score (nSPS) is 9.89. The van der Waals surface area contributed by atoms with Crippen molar-refractivity contribution in [3.63, 3.8) is 0 Å². The number of benzene rings is 2. The fourth-order valence-electron chi connectivity index (χ4n) is 1.44. The van der Waals surface area contributed by atoms with E-state index in [9.17, 15) is 10.1 Å². The van der Waals surface area contributed by atoms with Crippen molar-refractivity contribution in [2.75, 3.05) is 0 Å². The zero-order valence-corrected chi connectivity index (χ0v) is 12.5. The predicted octanol–water partition coefficient (Wildman–Crippen LogP) is 4.22. The fraction of sp³-hybridized carbons (Fsp3) is 0. The van der Waals surface area contributed by atoms with Crippen LogP contribution in [0.1, 0.15) is 5.56 Å². The number of nitro benzene ring substituents is 1. The van der Waals surface area contributed by atoms with Crippen molar-refractivity contribution in [3.8, 4) is 6.07 Å². The van der Waals surface area contributed by atoms with Gasteiger partial charge >= 0.3 is 0 Å². The van der Waals surface area contributed by atoms with Crippen LogP contribution in [-0.4, -0.2) is 4.92 Å². The molecule has 0 spiro atoms. The molecule has 0 fully saturated rings. The number of rotatable bonds is 3. The van der Waals surface area contributed by atoms with E-state index in [-0.39, 0.29) is 5.69 Å². The first-order valence-electron chi connectivity index (χ1n) is 5.22. The van der Waals surface area contributed by atoms with E-state index >= 15 is 0 Å². The molecule has 0 aliphatic heterocycles. The lowest BCUT2D eigenvalue weighted by atomic mass is 10.2. The molecular formula is C13H7IN2O2S. The van der Waals surface area contributed by atoms with Gasteiger partial charge in [0.1, 0.15) is 6.07 Å². The molecule has 94 valence electrons. The molecule has 19 heavy (non-hydrogen) atoms. The molecule has 0 aliphatic carbocycles. The second-order valence-electron chi connectivity index (χ2n) is 3.61. The minimum atomic E-state index is -0.500. The third-order valence-electron chi connectivity index (χ3n) is 2.34. The van der Waals surface area contributed by atoms with Gasteiger partial charge in [-0.15, -0.1) is 0 Å². The van der Waals surface area contributed by atoms with Gasteiger partial charge in [-0.3, -0.25) is 10.1 Å². The topological polar surface area (TPSA) is 66.9 Å². The smallest absolute Gasteiger partial charge is 0.258 e. The number of nitro groups is 1. The average Bonchev–Trinajstić information content (AvgIpc) is 2.41. The van der Waals surface area contributed by atoms with Gasteiger partial charge in [-0.25, -0.2) is 0 Å².